The minimum Gasteiger partial charge on any atom is -0.341 e. The molecule has 1 heterocycles. The second-order valence-electron chi connectivity index (χ2n) is 6.66. The van der Waals surface area contributed by atoms with Crippen molar-refractivity contribution in [2.24, 2.45) is 5.73 Å². The molecule has 19 heavy (non-hydrogen) atoms. The first kappa shape index (κ1) is 14.8. The number of carbonyl (C=O) groups excluding carboxylic acids is 1. The Labute approximate surface area is 117 Å². The van der Waals surface area contributed by atoms with Crippen molar-refractivity contribution in [2.45, 2.75) is 62.9 Å². The molecular formula is C15H29N3O. The zero-order valence-corrected chi connectivity index (χ0v) is 12.5. The van der Waals surface area contributed by atoms with Crippen molar-refractivity contribution in [1.82, 2.24) is 9.80 Å². The second kappa shape index (κ2) is 6.23. The highest BCUT2D eigenvalue weighted by molar-refractivity contribution is 5.77. The molecule has 2 N–H and O–H groups in total. The van der Waals surface area contributed by atoms with E-state index in [0.29, 0.717) is 12.5 Å². The third kappa shape index (κ3) is 3.93. The van der Waals surface area contributed by atoms with Crippen LogP contribution in [0.5, 0.6) is 0 Å². The summed E-state index contributed by atoms with van der Waals surface area (Å²) >= 11 is 0. The molecule has 0 bridgehead atoms. The van der Waals surface area contributed by atoms with Crippen LogP contribution in [0, 0.1) is 0 Å². The van der Waals surface area contributed by atoms with Crippen LogP contribution in [-0.4, -0.2) is 54.5 Å². The normalized spacial score (nSPS) is 28.1. The molecule has 1 aliphatic heterocycles. The van der Waals surface area contributed by atoms with Crippen LogP contribution in [0.3, 0.4) is 0 Å². The van der Waals surface area contributed by atoms with Gasteiger partial charge in [0.1, 0.15) is 0 Å². The fraction of sp³-hybridized carbons (Fsp3) is 0.933. The van der Waals surface area contributed by atoms with Gasteiger partial charge >= 0.3 is 0 Å². The molecule has 0 radical (unpaired) electrons. The maximum Gasteiger partial charge on any atom is 0.224 e. The summed E-state index contributed by atoms with van der Waals surface area (Å²) in [7, 11) is 4.09. The van der Waals surface area contributed by atoms with Crippen molar-refractivity contribution in [1.29, 1.82) is 0 Å². The molecule has 2 rings (SSSR count). The number of amides is 1. The van der Waals surface area contributed by atoms with E-state index < -0.39 is 0 Å². The lowest BCUT2D eigenvalue weighted by molar-refractivity contribution is -0.134. The molecule has 110 valence electrons. The van der Waals surface area contributed by atoms with E-state index in [9.17, 15) is 4.79 Å². The van der Waals surface area contributed by atoms with Crippen LogP contribution in [0.1, 0.15) is 51.4 Å². The monoisotopic (exact) mass is 267 g/mol. The largest absolute Gasteiger partial charge is 0.341 e. The summed E-state index contributed by atoms with van der Waals surface area (Å²) in [5.41, 5.74) is 6.16. The van der Waals surface area contributed by atoms with Crippen molar-refractivity contribution >= 4 is 5.91 Å². The van der Waals surface area contributed by atoms with Crippen LogP contribution < -0.4 is 5.73 Å². The van der Waals surface area contributed by atoms with E-state index in [-0.39, 0.29) is 11.4 Å². The smallest absolute Gasteiger partial charge is 0.224 e. The molecule has 1 saturated carbocycles. The molecular weight excluding hydrogens is 238 g/mol. The van der Waals surface area contributed by atoms with E-state index in [1.165, 1.54) is 25.7 Å². The van der Waals surface area contributed by atoms with Crippen LogP contribution in [0.4, 0.5) is 0 Å². The number of likely N-dealkylation sites (N-methyl/N-ethyl adjacent to an activating group) is 2. The molecule has 1 aliphatic carbocycles. The first-order valence-electron chi connectivity index (χ1n) is 7.73. The van der Waals surface area contributed by atoms with Gasteiger partial charge in [0.05, 0.1) is 0 Å². The fourth-order valence-electron chi connectivity index (χ4n) is 3.52. The van der Waals surface area contributed by atoms with Crippen molar-refractivity contribution in [3.63, 3.8) is 0 Å². The average molecular weight is 267 g/mol. The van der Waals surface area contributed by atoms with Gasteiger partial charge < -0.3 is 15.5 Å². The number of piperidine rings is 1. The first-order valence-corrected chi connectivity index (χ1v) is 7.73. The van der Waals surface area contributed by atoms with Gasteiger partial charge in [-0.1, -0.05) is 19.3 Å². The maximum absolute atomic E-state index is 12.4. The Balaban J connectivity index is 1.87. The number of nitrogens with zero attached hydrogens (tertiary/aromatic N) is 2. The lowest BCUT2D eigenvalue weighted by Crippen LogP contribution is -2.51. The van der Waals surface area contributed by atoms with E-state index in [1.54, 1.807) is 0 Å². The van der Waals surface area contributed by atoms with Gasteiger partial charge in [-0.15, -0.1) is 0 Å². The minimum absolute atomic E-state index is 0.232. The molecule has 4 nitrogen and oxygen atoms in total. The van der Waals surface area contributed by atoms with Gasteiger partial charge in [0.15, 0.2) is 0 Å². The molecule has 1 unspecified atom stereocenters. The molecule has 2 aliphatic rings. The lowest BCUT2D eigenvalue weighted by atomic mass is 9.80. The van der Waals surface area contributed by atoms with Gasteiger partial charge in [0.2, 0.25) is 5.91 Å². The molecule has 0 aromatic heterocycles. The molecule has 1 atom stereocenters. The average Bonchev–Trinajstić information content (AvgIpc) is 2.38. The second-order valence-corrected chi connectivity index (χ2v) is 6.66. The summed E-state index contributed by atoms with van der Waals surface area (Å²) in [6.45, 7) is 2.15. The van der Waals surface area contributed by atoms with Crippen molar-refractivity contribution in [3.05, 3.63) is 0 Å². The van der Waals surface area contributed by atoms with Gasteiger partial charge in [-0.3, -0.25) is 4.79 Å². The summed E-state index contributed by atoms with van der Waals surface area (Å²) < 4.78 is 0. The van der Waals surface area contributed by atoms with E-state index in [4.69, 9.17) is 5.73 Å². The van der Waals surface area contributed by atoms with Gasteiger partial charge in [-0.25, -0.2) is 0 Å². The molecule has 4 heteroatoms. The Hall–Kier alpha value is -0.610. The zero-order valence-electron chi connectivity index (χ0n) is 12.5. The highest BCUT2D eigenvalue weighted by Crippen LogP contribution is 2.29. The Morgan fingerprint density at radius 1 is 1.32 bits per heavy atom. The molecule has 0 aromatic rings. The van der Waals surface area contributed by atoms with Crippen LogP contribution in [0.15, 0.2) is 0 Å². The topological polar surface area (TPSA) is 49.6 Å². The van der Waals surface area contributed by atoms with Gasteiger partial charge in [0, 0.05) is 31.6 Å². The Bertz CT molecular complexity index is 313. The Kier molecular flexibility index (Phi) is 4.85. The number of hydrogen-bond acceptors (Lipinski definition) is 3. The summed E-state index contributed by atoms with van der Waals surface area (Å²) in [6.07, 6.45) is 8.50. The molecule has 0 aromatic carbocycles. The van der Waals surface area contributed by atoms with Crippen LogP contribution in [0.2, 0.25) is 0 Å². The van der Waals surface area contributed by atoms with E-state index >= 15 is 0 Å². The quantitative estimate of drug-likeness (QED) is 0.845. The summed E-state index contributed by atoms with van der Waals surface area (Å²) in [4.78, 5) is 16.7. The SMILES string of the molecule is CN1CCCC(N(C)C(=O)CC2(N)CCCCC2)C1. The Morgan fingerprint density at radius 2 is 2.00 bits per heavy atom. The predicted octanol–water partition coefficient (Wildman–Crippen LogP) is 1.59. The standard InChI is InChI=1S/C15H29N3O/c1-17-10-6-7-13(12-17)18(2)14(19)11-15(16)8-4-3-5-9-15/h13H,3-12,16H2,1-2H3. The van der Waals surface area contributed by atoms with Crippen molar-refractivity contribution in [2.75, 3.05) is 27.2 Å². The van der Waals surface area contributed by atoms with Crippen molar-refractivity contribution in [3.8, 4) is 0 Å². The van der Waals surface area contributed by atoms with Crippen LogP contribution >= 0.6 is 0 Å². The summed E-state index contributed by atoms with van der Waals surface area (Å²) in [5.74, 6) is 0.240. The van der Waals surface area contributed by atoms with E-state index in [2.05, 4.69) is 11.9 Å². The van der Waals surface area contributed by atoms with E-state index in [0.717, 1.165) is 32.4 Å². The maximum atomic E-state index is 12.4. The lowest BCUT2D eigenvalue weighted by Gasteiger charge is -2.39. The Morgan fingerprint density at radius 3 is 2.63 bits per heavy atom. The number of carbonyl (C=O) groups is 1. The fourth-order valence-corrected chi connectivity index (χ4v) is 3.52. The highest BCUT2D eigenvalue weighted by Gasteiger charge is 2.33. The zero-order chi connectivity index (χ0) is 13.9. The number of hydrogen-bond donors (Lipinski definition) is 1. The van der Waals surface area contributed by atoms with Crippen LogP contribution in [-0.2, 0) is 4.79 Å². The summed E-state index contributed by atoms with van der Waals surface area (Å²) in [6, 6.07) is 0.374. The molecule has 1 amide bonds. The van der Waals surface area contributed by atoms with Gasteiger partial charge in [0.25, 0.3) is 0 Å². The van der Waals surface area contributed by atoms with E-state index in [1.807, 2.05) is 11.9 Å². The highest BCUT2D eigenvalue weighted by atomic mass is 16.2. The van der Waals surface area contributed by atoms with Gasteiger partial charge in [-0.2, -0.15) is 0 Å². The summed E-state index contributed by atoms with van der Waals surface area (Å²) in [5, 5.41) is 0. The number of nitrogens with two attached hydrogens (primary N) is 1. The molecule has 2 fully saturated rings. The number of likely N-dealkylation sites (tertiary alicyclic amines) is 1. The molecule has 1 saturated heterocycles. The van der Waals surface area contributed by atoms with Crippen LogP contribution in [0.25, 0.3) is 0 Å². The first-order chi connectivity index (χ1) is 9.00. The number of rotatable bonds is 3. The predicted molar refractivity (Wildman–Crippen MR) is 77.9 cm³/mol. The minimum atomic E-state index is -0.232. The van der Waals surface area contributed by atoms with Gasteiger partial charge in [-0.05, 0) is 39.3 Å². The molecule has 0 spiro atoms. The third-order valence-corrected chi connectivity index (χ3v) is 4.89. The third-order valence-electron chi connectivity index (χ3n) is 4.89. The van der Waals surface area contributed by atoms with Crippen molar-refractivity contribution < 1.29 is 4.79 Å².